The maximum atomic E-state index is 11.6. The van der Waals surface area contributed by atoms with E-state index in [4.69, 9.17) is 11.1 Å². The van der Waals surface area contributed by atoms with Crippen LogP contribution in [-0.2, 0) is 4.79 Å². The van der Waals surface area contributed by atoms with Crippen LogP contribution in [0.4, 0.5) is 0 Å². The second kappa shape index (κ2) is 3.65. The second-order valence-electron chi connectivity index (χ2n) is 4.18. The lowest BCUT2D eigenvalue weighted by Crippen LogP contribution is -2.25. The molecule has 5 heteroatoms. The quantitative estimate of drug-likeness (QED) is 0.458. The van der Waals surface area contributed by atoms with Gasteiger partial charge in [-0.1, -0.05) is 13.8 Å². The minimum Gasteiger partial charge on any atom is -0.511 e. The molecule has 0 amide bonds. The van der Waals surface area contributed by atoms with Crippen molar-refractivity contribution in [1.29, 1.82) is 5.41 Å². The summed E-state index contributed by atoms with van der Waals surface area (Å²) < 4.78 is 0. The van der Waals surface area contributed by atoms with E-state index in [-0.39, 0.29) is 27.0 Å². The summed E-state index contributed by atoms with van der Waals surface area (Å²) in [5, 5.41) is 16.5. The highest BCUT2D eigenvalue weighted by molar-refractivity contribution is 8.17. The number of aliphatic hydroxyl groups excluding tert-OH is 1. The summed E-state index contributed by atoms with van der Waals surface area (Å²) in [4.78, 5) is 11.8. The Morgan fingerprint density at radius 1 is 1.57 bits per heavy atom. The molecule has 78 valence electrons. The number of hydrogen-bond acceptors (Lipinski definition) is 4. The van der Waals surface area contributed by atoms with Gasteiger partial charge in [0.15, 0.2) is 11.0 Å². The molecule has 4 nitrogen and oxygen atoms in total. The van der Waals surface area contributed by atoms with Crippen LogP contribution in [-0.4, -0.2) is 16.1 Å². The molecule has 1 aliphatic rings. The topological polar surface area (TPSA) is 87.2 Å². The van der Waals surface area contributed by atoms with E-state index < -0.39 is 0 Å². The smallest absolute Gasteiger partial charge is 0.173 e. The molecule has 0 radical (unpaired) electrons. The van der Waals surface area contributed by atoms with Gasteiger partial charge in [-0.3, -0.25) is 10.2 Å². The van der Waals surface area contributed by atoms with E-state index in [2.05, 4.69) is 0 Å². The standard InChI is InChI=1S/C9H14N2O2S/c1-9(2)3-5(12)7(6(13)4-9)14-8(10)11/h12H,3-4H2,1-2H3,(H3,10,11). The third kappa shape index (κ3) is 2.51. The third-order valence-corrected chi connectivity index (χ3v) is 2.90. The number of Topliss-reactive ketones (excluding diaryl/α,β-unsaturated/α-hetero) is 1. The van der Waals surface area contributed by atoms with Gasteiger partial charge in [-0.25, -0.2) is 0 Å². The summed E-state index contributed by atoms with van der Waals surface area (Å²) in [6, 6.07) is 0. The fraction of sp³-hybridized carbons (Fsp3) is 0.556. The summed E-state index contributed by atoms with van der Waals surface area (Å²) in [6.45, 7) is 3.85. The molecule has 0 spiro atoms. The van der Waals surface area contributed by atoms with Crippen LogP contribution >= 0.6 is 11.8 Å². The second-order valence-corrected chi connectivity index (χ2v) is 5.24. The Morgan fingerprint density at radius 3 is 2.57 bits per heavy atom. The number of amidine groups is 1. The Balaban J connectivity index is 2.93. The largest absolute Gasteiger partial charge is 0.511 e. The van der Waals surface area contributed by atoms with E-state index in [1.54, 1.807) is 0 Å². The first-order chi connectivity index (χ1) is 6.32. The van der Waals surface area contributed by atoms with Gasteiger partial charge >= 0.3 is 0 Å². The molecule has 0 unspecified atom stereocenters. The molecule has 14 heavy (non-hydrogen) atoms. The van der Waals surface area contributed by atoms with E-state index in [1.165, 1.54) is 0 Å². The highest BCUT2D eigenvalue weighted by Gasteiger charge is 2.33. The molecule has 0 aliphatic heterocycles. The number of ketones is 1. The van der Waals surface area contributed by atoms with Crippen LogP contribution in [0.5, 0.6) is 0 Å². The van der Waals surface area contributed by atoms with Gasteiger partial charge in [-0.2, -0.15) is 0 Å². The van der Waals surface area contributed by atoms with Crippen molar-refractivity contribution in [3.63, 3.8) is 0 Å². The number of carbonyl (C=O) groups excluding carboxylic acids is 1. The highest BCUT2D eigenvalue weighted by atomic mass is 32.2. The maximum Gasteiger partial charge on any atom is 0.173 e. The summed E-state index contributed by atoms with van der Waals surface area (Å²) >= 11 is 0.834. The van der Waals surface area contributed by atoms with Gasteiger partial charge in [0.1, 0.15) is 5.76 Å². The first kappa shape index (κ1) is 11.1. The lowest BCUT2D eigenvalue weighted by atomic mass is 9.79. The van der Waals surface area contributed by atoms with Crippen molar-refractivity contribution in [3.8, 4) is 0 Å². The Hall–Kier alpha value is -0.970. The first-order valence-electron chi connectivity index (χ1n) is 4.29. The molecule has 0 saturated heterocycles. The number of hydrogen-bond donors (Lipinski definition) is 3. The monoisotopic (exact) mass is 214 g/mol. The van der Waals surface area contributed by atoms with E-state index in [1.807, 2.05) is 13.8 Å². The zero-order chi connectivity index (χ0) is 10.9. The highest BCUT2D eigenvalue weighted by Crippen LogP contribution is 2.39. The van der Waals surface area contributed by atoms with Gasteiger partial charge in [0.25, 0.3) is 0 Å². The molecule has 0 saturated carbocycles. The predicted octanol–water partition coefficient (Wildman–Crippen LogP) is 1.77. The van der Waals surface area contributed by atoms with Crippen molar-refractivity contribution < 1.29 is 9.90 Å². The van der Waals surface area contributed by atoms with Crippen LogP contribution in [0.25, 0.3) is 0 Å². The Morgan fingerprint density at radius 2 is 2.14 bits per heavy atom. The summed E-state index contributed by atoms with van der Waals surface area (Å²) in [7, 11) is 0. The molecule has 1 aliphatic carbocycles. The van der Waals surface area contributed by atoms with Crippen LogP contribution in [0.15, 0.2) is 10.7 Å². The minimum absolute atomic E-state index is 0.0615. The van der Waals surface area contributed by atoms with E-state index in [0.717, 1.165) is 11.8 Å². The first-order valence-corrected chi connectivity index (χ1v) is 5.11. The molecular formula is C9H14N2O2S. The Bertz CT molecular complexity index is 321. The Kier molecular flexibility index (Phi) is 2.89. The zero-order valence-electron chi connectivity index (χ0n) is 8.26. The van der Waals surface area contributed by atoms with Gasteiger partial charge in [0, 0.05) is 12.8 Å². The van der Waals surface area contributed by atoms with E-state index >= 15 is 0 Å². The Labute approximate surface area is 87.1 Å². The van der Waals surface area contributed by atoms with Crippen LogP contribution in [0.2, 0.25) is 0 Å². The van der Waals surface area contributed by atoms with Crippen LogP contribution in [0.3, 0.4) is 0 Å². The lowest BCUT2D eigenvalue weighted by Gasteiger charge is -2.28. The molecule has 0 aromatic heterocycles. The van der Waals surface area contributed by atoms with Gasteiger partial charge in [0.2, 0.25) is 0 Å². The average Bonchev–Trinajstić information content (AvgIpc) is 1.94. The molecule has 4 N–H and O–H groups in total. The number of carbonyl (C=O) groups is 1. The molecule has 0 aromatic rings. The minimum atomic E-state index is -0.192. The number of aliphatic hydroxyl groups is 1. The third-order valence-electron chi connectivity index (χ3n) is 2.01. The number of allylic oxidation sites excluding steroid dienone is 2. The number of rotatable bonds is 1. The van der Waals surface area contributed by atoms with Gasteiger partial charge in [-0.05, 0) is 17.2 Å². The van der Waals surface area contributed by atoms with Gasteiger partial charge in [-0.15, -0.1) is 0 Å². The van der Waals surface area contributed by atoms with Crippen molar-refractivity contribution in [1.82, 2.24) is 0 Å². The fourth-order valence-corrected chi connectivity index (χ4v) is 2.09. The van der Waals surface area contributed by atoms with E-state index in [0.29, 0.717) is 12.8 Å². The fourth-order valence-electron chi connectivity index (χ4n) is 1.50. The van der Waals surface area contributed by atoms with Crippen molar-refractivity contribution in [3.05, 3.63) is 10.7 Å². The summed E-state index contributed by atoms with van der Waals surface area (Å²) in [6.07, 6.45) is 0.862. The van der Waals surface area contributed by atoms with Crippen molar-refractivity contribution in [2.75, 3.05) is 0 Å². The van der Waals surface area contributed by atoms with Gasteiger partial charge < -0.3 is 10.8 Å². The van der Waals surface area contributed by atoms with Crippen LogP contribution < -0.4 is 5.73 Å². The molecule has 0 bridgehead atoms. The van der Waals surface area contributed by atoms with Crippen LogP contribution in [0, 0.1) is 10.8 Å². The SMILES string of the molecule is CC1(C)CC(=O)C(SC(=N)N)=C(O)C1. The molecule has 0 aromatic carbocycles. The van der Waals surface area contributed by atoms with Crippen molar-refractivity contribution in [2.45, 2.75) is 26.7 Å². The zero-order valence-corrected chi connectivity index (χ0v) is 9.07. The molecule has 0 fully saturated rings. The molecule has 1 rings (SSSR count). The van der Waals surface area contributed by atoms with Gasteiger partial charge in [0.05, 0.1) is 4.91 Å². The predicted molar refractivity (Wildman–Crippen MR) is 57.2 cm³/mol. The maximum absolute atomic E-state index is 11.6. The van der Waals surface area contributed by atoms with Crippen molar-refractivity contribution in [2.24, 2.45) is 11.1 Å². The molecular weight excluding hydrogens is 200 g/mol. The van der Waals surface area contributed by atoms with Crippen LogP contribution in [0.1, 0.15) is 26.7 Å². The molecule has 0 heterocycles. The lowest BCUT2D eigenvalue weighted by molar-refractivity contribution is -0.117. The molecule has 0 atom stereocenters. The number of nitrogens with two attached hydrogens (primary N) is 1. The van der Waals surface area contributed by atoms with Crippen molar-refractivity contribution >= 4 is 22.7 Å². The summed E-state index contributed by atoms with van der Waals surface area (Å²) in [5.41, 5.74) is 4.97. The average molecular weight is 214 g/mol. The van der Waals surface area contributed by atoms with E-state index in [9.17, 15) is 9.90 Å². The number of thioether (sulfide) groups is 1. The summed E-state index contributed by atoms with van der Waals surface area (Å²) in [5.74, 6) is -0.0644. The normalized spacial score (nSPS) is 21.1. The number of nitrogens with one attached hydrogen (secondary N) is 1.